The van der Waals surface area contributed by atoms with Gasteiger partial charge in [-0.3, -0.25) is 4.98 Å². The van der Waals surface area contributed by atoms with Crippen LogP contribution in [-0.4, -0.2) is 24.8 Å². The van der Waals surface area contributed by atoms with Crippen LogP contribution in [0.2, 0.25) is 0 Å². The van der Waals surface area contributed by atoms with E-state index in [-0.39, 0.29) is 6.10 Å². The Labute approximate surface area is 98.9 Å². The molecule has 1 atom stereocenters. The Balaban J connectivity index is 2.42. The second kappa shape index (κ2) is 6.80. The van der Waals surface area contributed by atoms with Gasteiger partial charge in [-0.1, -0.05) is 15.9 Å². The molecule has 1 aromatic heterocycles. The molecule has 3 nitrogen and oxygen atoms in total. The Bertz CT molecular complexity index is 276. The van der Waals surface area contributed by atoms with E-state index >= 15 is 0 Å². The third-order valence-electron chi connectivity index (χ3n) is 2.00. The van der Waals surface area contributed by atoms with Crippen molar-refractivity contribution in [2.24, 2.45) is 0 Å². The number of halogens is 1. The predicted octanol–water partition coefficient (Wildman–Crippen LogP) is 2.78. The fraction of sp³-hybridized carbons (Fsp3) is 0.545. The van der Waals surface area contributed by atoms with Crippen LogP contribution in [0.3, 0.4) is 0 Å². The van der Waals surface area contributed by atoms with Crippen molar-refractivity contribution < 1.29 is 9.47 Å². The quantitative estimate of drug-likeness (QED) is 0.747. The fourth-order valence-electron chi connectivity index (χ4n) is 1.13. The van der Waals surface area contributed by atoms with E-state index in [2.05, 4.69) is 20.9 Å². The molecule has 0 saturated heterocycles. The number of aromatic nitrogens is 1. The number of hydrogen-bond donors (Lipinski definition) is 0. The van der Waals surface area contributed by atoms with Gasteiger partial charge < -0.3 is 9.47 Å². The first-order chi connectivity index (χ1) is 7.26. The molecule has 0 aromatic carbocycles. The number of pyridine rings is 1. The molecular weight excluding hydrogens is 258 g/mol. The summed E-state index contributed by atoms with van der Waals surface area (Å²) in [4.78, 5) is 4.23. The van der Waals surface area contributed by atoms with Gasteiger partial charge >= 0.3 is 0 Å². The first-order valence-corrected chi connectivity index (χ1v) is 6.05. The third kappa shape index (κ3) is 4.62. The van der Waals surface area contributed by atoms with E-state index in [1.54, 1.807) is 13.3 Å². The van der Waals surface area contributed by atoms with Crippen LogP contribution in [0.4, 0.5) is 0 Å². The molecule has 84 valence electrons. The monoisotopic (exact) mass is 273 g/mol. The highest BCUT2D eigenvalue weighted by molar-refractivity contribution is 9.08. The van der Waals surface area contributed by atoms with Crippen molar-refractivity contribution in [1.82, 2.24) is 4.98 Å². The highest BCUT2D eigenvalue weighted by Gasteiger charge is 2.03. The molecule has 0 aliphatic heterocycles. The highest BCUT2D eigenvalue weighted by Crippen LogP contribution is 2.13. The van der Waals surface area contributed by atoms with Crippen LogP contribution in [0.15, 0.2) is 18.3 Å². The van der Waals surface area contributed by atoms with E-state index < -0.39 is 0 Å². The second-order valence-corrected chi connectivity index (χ2v) is 3.89. The molecule has 1 rings (SSSR count). The molecule has 1 unspecified atom stereocenters. The maximum atomic E-state index is 5.66. The molecule has 0 saturated carbocycles. The number of hydrogen-bond acceptors (Lipinski definition) is 3. The average Bonchev–Trinajstić information content (AvgIpc) is 2.27. The Kier molecular flexibility index (Phi) is 5.65. The van der Waals surface area contributed by atoms with E-state index in [1.807, 2.05) is 19.1 Å². The summed E-state index contributed by atoms with van der Waals surface area (Å²) in [5.74, 6) is 0.809. The van der Waals surface area contributed by atoms with Crippen LogP contribution in [0.25, 0.3) is 0 Å². The average molecular weight is 274 g/mol. The molecular formula is C11H16BrNO2. The largest absolute Gasteiger partial charge is 0.489 e. The summed E-state index contributed by atoms with van der Waals surface area (Å²) in [6.07, 6.45) is 2.79. The van der Waals surface area contributed by atoms with Crippen molar-refractivity contribution in [1.29, 1.82) is 0 Å². The molecule has 15 heavy (non-hydrogen) atoms. The standard InChI is InChI=1S/C11H16BrNO2/c1-9(5-6-14-2)15-11-4-3-10(7-12)13-8-11/h3-4,8-9H,5-7H2,1-2H3. The lowest BCUT2D eigenvalue weighted by Gasteiger charge is -2.13. The van der Waals surface area contributed by atoms with Gasteiger partial charge in [-0.25, -0.2) is 0 Å². The van der Waals surface area contributed by atoms with Crippen LogP contribution in [0.5, 0.6) is 5.75 Å². The van der Waals surface area contributed by atoms with Crippen molar-refractivity contribution in [3.8, 4) is 5.75 Å². The number of methoxy groups -OCH3 is 1. The minimum absolute atomic E-state index is 0.154. The Hall–Kier alpha value is -0.610. The lowest BCUT2D eigenvalue weighted by Crippen LogP contribution is -2.14. The first-order valence-electron chi connectivity index (χ1n) is 4.92. The normalized spacial score (nSPS) is 12.5. The van der Waals surface area contributed by atoms with Crippen molar-refractivity contribution >= 4 is 15.9 Å². The summed E-state index contributed by atoms with van der Waals surface area (Å²) in [6.45, 7) is 2.74. The number of ether oxygens (including phenoxy) is 2. The molecule has 0 amide bonds. The van der Waals surface area contributed by atoms with Gasteiger partial charge in [0, 0.05) is 25.5 Å². The zero-order valence-electron chi connectivity index (χ0n) is 9.07. The van der Waals surface area contributed by atoms with Gasteiger partial charge in [-0.15, -0.1) is 0 Å². The van der Waals surface area contributed by atoms with Crippen LogP contribution in [0, 0.1) is 0 Å². The van der Waals surface area contributed by atoms with E-state index in [0.29, 0.717) is 6.61 Å². The van der Waals surface area contributed by atoms with Gasteiger partial charge in [0.05, 0.1) is 18.0 Å². The second-order valence-electron chi connectivity index (χ2n) is 3.33. The van der Waals surface area contributed by atoms with E-state index in [1.165, 1.54) is 0 Å². The molecule has 1 heterocycles. The molecule has 4 heteroatoms. The van der Waals surface area contributed by atoms with Crippen LogP contribution < -0.4 is 4.74 Å². The zero-order chi connectivity index (χ0) is 11.1. The predicted molar refractivity (Wildman–Crippen MR) is 63.5 cm³/mol. The molecule has 0 N–H and O–H groups in total. The Morgan fingerprint density at radius 3 is 2.80 bits per heavy atom. The summed E-state index contributed by atoms with van der Waals surface area (Å²) < 4.78 is 10.6. The molecule has 0 aliphatic carbocycles. The Morgan fingerprint density at radius 1 is 1.47 bits per heavy atom. The van der Waals surface area contributed by atoms with E-state index in [4.69, 9.17) is 9.47 Å². The van der Waals surface area contributed by atoms with Gasteiger partial charge in [-0.05, 0) is 19.1 Å². The number of alkyl halides is 1. The molecule has 0 radical (unpaired) electrons. The summed E-state index contributed by atoms with van der Waals surface area (Å²) in [7, 11) is 1.69. The fourth-order valence-corrected chi connectivity index (χ4v) is 1.47. The van der Waals surface area contributed by atoms with E-state index in [9.17, 15) is 0 Å². The SMILES string of the molecule is COCCC(C)Oc1ccc(CBr)nc1. The van der Waals surface area contributed by atoms with Crippen LogP contribution in [0.1, 0.15) is 19.0 Å². The first kappa shape index (κ1) is 12.5. The lowest BCUT2D eigenvalue weighted by atomic mass is 10.3. The van der Waals surface area contributed by atoms with Gasteiger partial charge in [0.15, 0.2) is 0 Å². The number of rotatable bonds is 6. The van der Waals surface area contributed by atoms with Crippen molar-refractivity contribution in [2.75, 3.05) is 13.7 Å². The molecule has 0 fully saturated rings. The lowest BCUT2D eigenvalue weighted by molar-refractivity contribution is 0.135. The van der Waals surface area contributed by atoms with Crippen molar-refractivity contribution in [3.63, 3.8) is 0 Å². The summed E-state index contributed by atoms with van der Waals surface area (Å²) in [6, 6.07) is 3.89. The van der Waals surface area contributed by atoms with Gasteiger partial charge in [0.1, 0.15) is 5.75 Å². The van der Waals surface area contributed by atoms with E-state index in [0.717, 1.165) is 23.2 Å². The maximum absolute atomic E-state index is 5.66. The Morgan fingerprint density at radius 2 is 2.27 bits per heavy atom. The van der Waals surface area contributed by atoms with Gasteiger partial charge in [0.25, 0.3) is 0 Å². The summed E-state index contributed by atoms with van der Waals surface area (Å²) in [5, 5.41) is 0.770. The van der Waals surface area contributed by atoms with Gasteiger partial charge in [0.2, 0.25) is 0 Å². The molecule has 0 aliphatic rings. The van der Waals surface area contributed by atoms with Crippen molar-refractivity contribution in [2.45, 2.75) is 24.8 Å². The van der Waals surface area contributed by atoms with Gasteiger partial charge in [-0.2, -0.15) is 0 Å². The minimum Gasteiger partial charge on any atom is -0.489 e. The summed E-state index contributed by atoms with van der Waals surface area (Å²) in [5.41, 5.74) is 1.01. The highest BCUT2D eigenvalue weighted by atomic mass is 79.9. The van der Waals surface area contributed by atoms with Crippen LogP contribution >= 0.6 is 15.9 Å². The molecule has 0 bridgehead atoms. The minimum atomic E-state index is 0.154. The summed E-state index contributed by atoms with van der Waals surface area (Å²) >= 11 is 3.35. The third-order valence-corrected chi connectivity index (χ3v) is 2.57. The van der Waals surface area contributed by atoms with Crippen LogP contribution in [-0.2, 0) is 10.1 Å². The smallest absolute Gasteiger partial charge is 0.138 e. The maximum Gasteiger partial charge on any atom is 0.138 e. The number of nitrogens with zero attached hydrogens (tertiary/aromatic N) is 1. The van der Waals surface area contributed by atoms with Crippen molar-refractivity contribution in [3.05, 3.63) is 24.0 Å². The topological polar surface area (TPSA) is 31.4 Å². The molecule has 1 aromatic rings. The molecule has 0 spiro atoms. The zero-order valence-corrected chi connectivity index (χ0v) is 10.7.